The number of anilines is 1. The van der Waals surface area contributed by atoms with Gasteiger partial charge in [0.1, 0.15) is 0 Å². The van der Waals surface area contributed by atoms with Crippen LogP contribution in [0.15, 0.2) is 53.4 Å². The maximum absolute atomic E-state index is 13.1. The van der Waals surface area contributed by atoms with Crippen LogP contribution in [0.2, 0.25) is 0 Å². The summed E-state index contributed by atoms with van der Waals surface area (Å²) < 4.78 is 32.1. The number of nitrogens with zero attached hydrogens (tertiary/aromatic N) is 2. The molecule has 29 heavy (non-hydrogen) atoms. The first kappa shape index (κ1) is 19.3. The van der Waals surface area contributed by atoms with E-state index in [-0.39, 0.29) is 18.0 Å². The van der Waals surface area contributed by atoms with Gasteiger partial charge in [-0.2, -0.15) is 0 Å². The van der Waals surface area contributed by atoms with Crippen molar-refractivity contribution in [1.82, 2.24) is 9.62 Å². The Bertz CT molecular complexity index is 1060. The number of sulfonamides is 1. The van der Waals surface area contributed by atoms with E-state index in [2.05, 4.69) is 5.32 Å². The number of urea groups is 1. The van der Waals surface area contributed by atoms with E-state index in [1.54, 1.807) is 13.0 Å². The number of fused-ring (bicyclic) bond motifs is 1. The molecule has 9 heteroatoms. The van der Waals surface area contributed by atoms with Crippen LogP contribution < -0.4 is 10.2 Å². The van der Waals surface area contributed by atoms with Gasteiger partial charge in [0, 0.05) is 6.54 Å². The zero-order valence-corrected chi connectivity index (χ0v) is 16.7. The number of nitrogens with one attached hydrogen (secondary N) is 1. The summed E-state index contributed by atoms with van der Waals surface area (Å²) in [6, 6.07) is 12.7. The van der Waals surface area contributed by atoms with Crippen molar-refractivity contribution in [3.63, 3.8) is 0 Å². The van der Waals surface area contributed by atoms with Gasteiger partial charge >= 0.3 is 12.1 Å². The van der Waals surface area contributed by atoms with Gasteiger partial charge < -0.3 is 10.1 Å². The Labute approximate surface area is 169 Å². The van der Waals surface area contributed by atoms with Gasteiger partial charge in [-0.15, -0.1) is 0 Å². The van der Waals surface area contributed by atoms with E-state index >= 15 is 0 Å². The third-order valence-electron chi connectivity index (χ3n) is 5.10. The van der Waals surface area contributed by atoms with Crippen LogP contribution in [0.25, 0.3) is 0 Å². The van der Waals surface area contributed by atoms with Crippen molar-refractivity contribution >= 4 is 27.8 Å². The van der Waals surface area contributed by atoms with Gasteiger partial charge in [-0.25, -0.2) is 22.3 Å². The fraction of sp³-hybridized carbons (Fsp3) is 0.300. The topological polar surface area (TPSA) is 96.0 Å². The second-order valence-electron chi connectivity index (χ2n) is 6.84. The third-order valence-corrected chi connectivity index (χ3v) is 6.84. The lowest BCUT2D eigenvalue weighted by Crippen LogP contribution is -2.34. The first-order chi connectivity index (χ1) is 13.9. The summed E-state index contributed by atoms with van der Waals surface area (Å²) in [4.78, 5) is 26.0. The fourth-order valence-electron chi connectivity index (χ4n) is 3.65. The van der Waals surface area contributed by atoms with Crippen molar-refractivity contribution in [1.29, 1.82) is 0 Å². The number of amides is 3. The molecule has 0 saturated carbocycles. The van der Waals surface area contributed by atoms with Gasteiger partial charge in [0.15, 0.2) is 0 Å². The van der Waals surface area contributed by atoms with E-state index < -0.39 is 28.2 Å². The molecule has 1 fully saturated rings. The van der Waals surface area contributed by atoms with Gasteiger partial charge in [-0.05, 0) is 42.7 Å². The number of hydrogen-bond donors (Lipinski definition) is 1. The van der Waals surface area contributed by atoms with Crippen LogP contribution >= 0.6 is 0 Å². The van der Waals surface area contributed by atoms with Crippen molar-refractivity contribution in [3.05, 3.63) is 59.7 Å². The molecule has 2 aromatic rings. The fourth-order valence-corrected chi connectivity index (χ4v) is 5.06. The Kier molecular flexibility index (Phi) is 4.91. The average molecular weight is 415 g/mol. The van der Waals surface area contributed by atoms with Gasteiger partial charge in [-0.1, -0.05) is 30.3 Å². The molecule has 0 spiro atoms. The molecule has 0 radical (unpaired) electrons. The summed E-state index contributed by atoms with van der Waals surface area (Å²) in [5.41, 5.74) is 2.21. The highest BCUT2D eigenvalue weighted by atomic mass is 32.2. The van der Waals surface area contributed by atoms with Gasteiger partial charge in [0.2, 0.25) is 0 Å². The zero-order valence-electron chi connectivity index (χ0n) is 15.9. The Morgan fingerprint density at radius 2 is 1.97 bits per heavy atom. The second-order valence-corrected chi connectivity index (χ2v) is 8.70. The summed E-state index contributed by atoms with van der Waals surface area (Å²) in [5, 5.41) is 2.72. The minimum absolute atomic E-state index is 0.0250. The molecule has 3 amide bonds. The van der Waals surface area contributed by atoms with E-state index in [4.69, 9.17) is 4.74 Å². The lowest BCUT2D eigenvalue weighted by molar-refractivity contribution is 0.160. The maximum Gasteiger partial charge on any atom is 0.414 e. The largest absolute Gasteiger partial charge is 0.449 e. The molecule has 1 N–H and O–H groups in total. The highest BCUT2D eigenvalue weighted by Gasteiger charge is 2.39. The lowest BCUT2D eigenvalue weighted by atomic mass is 10.1. The molecular formula is C20H21N3O5S. The molecule has 1 saturated heterocycles. The monoisotopic (exact) mass is 415 g/mol. The van der Waals surface area contributed by atoms with Gasteiger partial charge in [0.25, 0.3) is 10.0 Å². The number of rotatable bonds is 4. The quantitative estimate of drug-likeness (QED) is 0.828. The minimum Gasteiger partial charge on any atom is -0.449 e. The molecule has 2 aromatic carbocycles. The second kappa shape index (κ2) is 7.40. The van der Waals surface area contributed by atoms with Crippen LogP contribution in [0.3, 0.4) is 0 Å². The van der Waals surface area contributed by atoms with Gasteiger partial charge in [-0.3, -0.25) is 4.90 Å². The molecular weight excluding hydrogens is 394 g/mol. The van der Waals surface area contributed by atoms with Crippen LogP contribution in [0.1, 0.15) is 24.1 Å². The van der Waals surface area contributed by atoms with Crippen molar-refractivity contribution in [2.45, 2.75) is 24.3 Å². The molecule has 2 heterocycles. The van der Waals surface area contributed by atoms with Crippen molar-refractivity contribution in [2.75, 3.05) is 24.6 Å². The number of ether oxygens (including phenoxy) is 1. The number of hydrogen-bond acceptors (Lipinski definition) is 5. The number of carbonyl (C=O) groups is 2. The van der Waals surface area contributed by atoms with E-state index in [1.165, 1.54) is 17.0 Å². The Balaban J connectivity index is 1.59. The smallest absolute Gasteiger partial charge is 0.414 e. The zero-order chi connectivity index (χ0) is 20.6. The van der Waals surface area contributed by atoms with Crippen LogP contribution in [0.5, 0.6) is 0 Å². The molecule has 0 bridgehead atoms. The lowest BCUT2D eigenvalue weighted by Gasteiger charge is -2.18. The van der Waals surface area contributed by atoms with E-state index in [0.29, 0.717) is 18.7 Å². The average Bonchev–Trinajstić information content (AvgIpc) is 3.32. The SMILES string of the molecule is CCOC(=O)N1CCc2cc(S(=O)(=O)N3C[C@H](c4ccccc4)NC3=O)ccc21. The predicted octanol–water partition coefficient (Wildman–Crippen LogP) is 2.66. The van der Waals surface area contributed by atoms with E-state index in [1.807, 2.05) is 30.3 Å². The van der Waals surface area contributed by atoms with Crippen LogP contribution in [0, 0.1) is 0 Å². The number of benzene rings is 2. The maximum atomic E-state index is 13.1. The first-order valence-corrected chi connectivity index (χ1v) is 10.8. The van der Waals surface area contributed by atoms with Crippen LogP contribution in [0.4, 0.5) is 15.3 Å². The normalized spacial score (nSPS) is 18.5. The van der Waals surface area contributed by atoms with Crippen molar-refractivity contribution in [2.24, 2.45) is 0 Å². The summed E-state index contributed by atoms with van der Waals surface area (Å²) >= 11 is 0. The van der Waals surface area contributed by atoms with Crippen molar-refractivity contribution < 1.29 is 22.7 Å². The number of carbonyl (C=O) groups excluding carboxylic acids is 2. The molecule has 0 unspecified atom stereocenters. The Morgan fingerprint density at radius 3 is 2.69 bits per heavy atom. The molecule has 0 aromatic heterocycles. The molecule has 152 valence electrons. The molecule has 2 aliphatic rings. The minimum atomic E-state index is -4.01. The molecule has 0 aliphatic carbocycles. The van der Waals surface area contributed by atoms with E-state index in [9.17, 15) is 18.0 Å². The Hall–Kier alpha value is -3.07. The highest BCUT2D eigenvalue weighted by Crippen LogP contribution is 2.33. The standard InChI is InChI=1S/C20H21N3O5S/c1-2-28-20(25)22-11-10-15-12-16(8-9-18(15)22)29(26,27)23-13-17(21-19(23)24)14-6-4-3-5-7-14/h3-9,12,17H,2,10-11,13H2,1H3,(H,21,24)/t17-/m1/s1. The van der Waals surface area contributed by atoms with Crippen molar-refractivity contribution in [3.8, 4) is 0 Å². The molecule has 8 nitrogen and oxygen atoms in total. The molecule has 1 atom stereocenters. The highest BCUT2D eigenvalue weighted by molar-refractivity contribution is 7.89. The van der Waals surface area contributed by atoms with Gasteiger partial charge in [0.05, 0.1) is 29.8 Å². The first-order valence-electron chi connectivity index (χ1n) is 9.37. The predicted molar refractivity (Wildman–Crippen MR) is 106 cm³/mol. The van der Waals surface area contributed by atoms with Crippen LogP contribution in [-0.2, 0) is 21.2 Å². The van der Waals surface area contributed by atoms with Crippen LogP contribution in [-0.4, -0.2) is 44.5 Å². The summed E-state index contributed by atoms with van der Waals surface area (Å²) in [6.45, 7) is 2.45. The molecule has 2 aliphatic heterocycles. The van der Waals surface area contributed by atoms with E-state index in [0.717, 1.165) is 15.4 Å². The summed E-state index contributed by atoms with van der Waals surface area (Å²) in [7, 11) is -4.01. The summed E-state index contributed by atoms with van der Waals surface area (Å²) in [5.74, 6) is 0. The Morgan fingerprint density at radius 1 is 1.21 bits per heavy atom. The summed E-state index contributed by atoms with van der Waals surface area (Å²) in [6.07, 6.45) is 0.0718. The molecule has 4 rings (SSSR count). The third kappa shape index (κ3) is 3.42.